The van der Waals surface area contributed by atoms with E-state index >= 15 is 0 Å². The number of aliphatic hydroxyl groups excluding tert-OH is 1. The number of nitrogens with one attached hydrogen (secondary N) is 2. The van der Waals surface area contributed by atoms with Crippen LogP contribution in [0.1, 0.15) is 71.0 Å². The monoisotopic (exact) mass is 461 g/mol. The zero-order chi connectivity index (χ0) is 24.8. The first-order valence-electron chi connectivity index (χ1n) is 11.7. The van der Waals surface area contributed by atoms with Crippen molar-refractivity contribution in [3.05, 3.63) is 35.4 Å². The number of alkyl carbamates (subject to hydrolysis) is 1. The Morgan fingerprint density at radius 1 is 1.21 bits per heavy atom. The minimum absolute atomic E-state index is 0.157. The fraction of sp³-hybridized carbons (Fsp3) is 0.640. The normalized spacial score (nSPS) is 19.2. The second kappa shape index (κ2) is 11.5. The van der Waals surface area contributed by atoms with Gasteiger partial charge >= 0.3 is 6.09 Å². The van der Waals surface area contributed by atoms with E-state index in [0.717, 1.165) is 24.8 Å². The predicted octanol–water partition coefficient (Wildman–Crippen LogP) is 3.08. The second-order valence-corrected chi connectivity index (χ2v) is 9.87. The number of rotatable bonds is 10. The van der Waals surface area contributed by atoms with E-state index in [1.165, 1.54) is 4.90 Å². The molecule has 4 unspecified atom stereocenters. The molecule has 0 heterocycles. The largest absolute Gasteiger partial charge is 0.444 e. The maximum atomic E-state index is 13.6. The van der Waals surface area contributed by atoms with Crippen LogP contribution in [0.25, 0.3) is 0 Å². The summed E-state index contributed by atoms with van der Waals surface area (Å²) in [5, 5.41) is 15.4. The van der Waals surface area contributed by atoms with Crippen LogP contribution in [-0.4, -0.2) is 58.8 Å². The quantitative estimate of drug-likeness (QED) is 0.464. The minimum atomic E-state index is -1.22. The molecule has 184 valence electrons. The van der Waals surface area contributed by atoms with E-state index in [4.69, 9.17) is 4.74 Å². The van der Waals surface area contributed by atoms with Gasteiger partial charge in [0.05, 0.1) is 6.61 Å². The van der Waals surface area contributed by atoms with Crippen molar-refractivity contribution in [2.24, 2.45) is 5.92 Å². The SMILES string of the molecule is CCCCNC(=O)C(c1ccc(C)cc1)N(C(=O)C(CO)NC(=O)OC(C)(C)C)C1CC1C. The Balaban J connectivity index is 2.36. The van der Waals surface area contributed by atoms with Gasteiger partial charge in [0.2, 0.25) is 11.8 Å². The summed E-state index contributed by atoms with van der Waals surface area (Å²) in [4.78, 5) is 40.8. The Hall–Kier alpha value is -2.61. The van der Waals surface area contributed by atoms with Gasteiger partial charge in [0.15, 0.2) is 0 Å². The van der Waals surface area contributed by atoms with Crippen LogP contribution in [0, 0.1) is 12.8 Å². The Morgan fingerprint density at radius 3 is 2.30 bits per heavy atom. The third kappa shape index (κ3) is 7.74. The van der Waals surface area contributed by atoms with E-state index in [2.05, 4.69) is 10.6 Å². The topological polar surface area (TPSA) is 108 Å². The smallest absolute Gasteiger partial charge is 0.408 e. The van der Waals surface area contributed by atoms with Crippen LogP contribution in [0.5, 0.6) is 0 Å². The van der Waals surface area contributed by atoms with Gasteiger partial charge in [-0.2, -0.15) is 0 Å². The fourth-order valence-electron chi connectivity index (χ4n) is 3.66. The predicted molar refractivity (Wildman–Crippen MR) is 126 cm³/mol. The van der Waals surface area contributed by atoms with E-state index in [9.17, 15) is 19.5 Å². The van der Waals surface area contributed by atoms with Gasteiger partial charge in [-0.05, 0) is 52.0 Å². The van der Waals surface area contributed by atoms with Crippen LogP contribution in [0.15, 0.2) is 24.3 Å². The summed E-state index contributed by atoms with van der Waals surface area (Å²) in [6.45, 7) is 11.1. The molecule has 33 heavy (non-hydrogen) atoms. The summed E-state index contributed by atoms with van der Waals surface area (Å²) in [6, 6.07) is 5.27. The molecule has 3 N–H and O–H groups in total. The Kier molecular flexibility index (Phi) is 9.28. The molecular formula is C25H39N3O5. The van der Waals surface area contributed by atoms with Gasteiger partial charge in [0, 0.05) is 12.6 Å². The molecule has 8 nitrogen and oxygen atoms in total. The first-order chi connectivity index (χ1) is 15.5. The second-order valence-electron chi connectivity index (χ2n) is 9.87. The van der Waals surface area contributed by atoms with E-state index in [1.54, 1.807) is 20.8 Å². The molecule has 3 amide bonds. The highest BCUT2D eigenvalue weighted by atomic mass is 16.6. The molecule has 0 aromatic heterocycles. The zero-order valence-electron chi connectivity index (χ0n) is 20.7. The molecule has 0 radical (unpaired) electrons. The number of aliphatic hydroxyl groups is 1. The maximum Gasteiger partial charge on any atom is 0.408 e. The number of ether oxygens (including phenoxy) is 1. The summed E-state index contributed by atoms with van der Waals surface area (Å²) in [5.41, 5.74) is 0.985. The lowest BCUT2D eigenvalue weighted by Gasteiger charge is -2.34. The fourth-order valence-corrected chi connectivity index (χ4v) is 3.66. The summed E-state index contributed by atoms with van der Waals surface area (Å²) in [5.74, 6) is -0.561. The summed E-state index contributed by atoms with van der Waals surface area (Å²) in [7, 11) is 0. The molecule has 4 atom stereocenters. The van der Waals surface area contributed by atoms with Gasteiger partial charge < -0.3 is 25.4 Å². The highest BCUT2D eigenvalue weighted by Gasteiger charge is 2.48. The van der Waals surface area contributed by atoms with Crippen molar-refractivity contribution in [3.63, 3.8) is 0 Å². The maximum absolute atomic E-state index is 13.6. The average molecular weight is 462 g/mol. The lowest BCUT2D eigenvalue weighted by molar-refractivity contribution is -0.144. The lowest BCUT2D eigenvalue weighted by Crippen LogP contribution is -2.55. The number of benzene rings is 1. The van der Waals surface area contributed by atoms with Crippen molar-refractivity contribution in [3.8, 4) is 0 Å². The van der Waals surface area contributed by atoms with Crippen LogP contribution in [-0.2, 0) is 14.3 Å². The molecule has 2 rings (SSSR count). The zero-order valence-corrected chi connectivity index (χ0v) is 20.7. The Bertz CT molecular complexity index is 818. The van der Waals surface area contributed by atoms with Crippen molar-refractivity contribution in [1.29, 1.82) is 0 Å². The van der Waals surface area contributed by atoms with Gasteiger partial charge in [0.1, 0.15) is 17.7 Å². The first-order valence-corrected chi connectivity index (χ1v) is 11.7. The number of amides is 3. The molecule has 1 aliphatic carbocycles. The molecule has 1 saturated carbocycles. The first kappa shape index (κ1) is 26.6. The van der Waals surface area contributed by atoms with E-state index in [0.29, 0.717) is 12.1 Å². The standard InChI is InChI=1S/C25H39N3O5/c1-7-8-13-26-22(30)21(18-11-9-16(2)10-12-18)28(20-14-17(20)3)23(31)19(15-29)27-24(32)33-25(4,5)6/h9-12,17,19-21,29H,7-8,13-15H2,1-6H3,(H,26,30)(H,27,32). The van der Waals surface area contributed by atoms with E-state index < -0.39 is 36.3 Å². The van der Waals surface area contributed by atoms with Crippen LogP contribution in [0.2, 0.25) is 0 Å². The molecule has 0 spiro atoms. The highest BCUT2D eigenvalue weighted by Crippen LogP contribution is 2.40. The number of nitrogens with zero attached hydrogens (tertiary/aromatic N) is 1. The molecule has 0 bridgehead atoms. The van der Waals surface area contributed by atoms with Crippen LogP contribution >= 0.6 is 0 Å². The minimum Gasteiger partial charge on any atom is -0.444 e. The van der Waals surface area contributed by atoms with Gasteiger partial charge in [-0.25, -0.2) is 4.79 Å². The van der Waals surface area contributed by atoms with Gasteiger partial charge in [0.25, 0.3) is 0 Å². The van der Waals surface area contributed by atoms with Gasteiger partial charge in [-0.1, -0.05) is 50.1 Å². The molecule has 0 saturated heterocycles. The van der Waals surface area contributed by atoms with Crippen molar-refractivity contribution >= 4 is 17.9 Å². The molecule has 1 aromatic carbocycles. The van der Waals surface area contributed by atoms with Crippen LogP contribution in [0.3, 0.4) is 0 Å². The third-order valence-electron chi connectivity index (χ3n) is 5.60. The average Bonchev–Trinajstić information content (AvgIpc) is 3.45. The number of carbonyl (C=O) groups is 3. The van der Waals surface area contributed by atoms with E-state index in [-0.39, 0.29) is 17.9 Å². The van der Waals surface area contributed by atoms with Gasteiger partial charge in [-0.3, -0.25) is 9.59 Å². The third-order valence-corrected chi connectivity index (χ3v) is 5.60. The van der Waals surface area contributed by atoms with Crippen LogP contribution in [0.4, 0.5) is 4.79 Å². The Morgan fingerprint density at radius 2 is 1.82 bits per heavy atom. The lowest BCUT2D eigenvalue weighted by atomic mass is 10.0. The van der Waals surface area contributed by atoms with Crippen LogP contribution < -0.4 is 10.6 Å². The van der Waals surface area contributed by atoms with Crippen molar-refractivity contribution in [1.82, 2.24) is 15.5 Å². The Labute approximate surface area is 197 Å². The molecule has 1 aliphatic rings. The van der Waals surface area contributed by atoms with Crippen molar-refractivity contribution in [2.75, 3.05) is 13.2 Å². The number of aryl methyl sites for hydroxylation is 1. The van der Waals surface area contributed by atoms with Crippen molar-refractivity contribution < 1.29 is 24.2 Å². The molecule has 1 aromatic rings. The number of hydrogen-bond acceptors (Lipinski definition) is 5. The molecular weight excluding hydrogens is 422 g/mol. The summed E-state index contributed by atoms with van der Waals surface area (Å²) >= 11 is 0. The molecule has 0 aliphatic heterocycles. The number of unbranched alkanes of at least 4 members (excludes halogenated alkanes) is 1. The number of carbonyl (C=O) groups excluding carboxylic acids is 3. The summed E-state index contributed by atoms with van der Waals surface area (Å²) in [6.07, 6.45) is 1.73. The molecule has 8 heteroatoms. The molecule has 1 fully saturated rings. The van der Waals surface area contributed by atoms with Gasteiger partial charge in [-0.15, -0.1) is 0 Å². The van der Waals surface area contributed by atoms with Crippen molar-refractivity contribution in [2.45, 2.75) is 84.5 Å². The summed E-state index contributed by atoms with van der Waals surface area (Å²) < 4.78 is 5.26. The number of hydrogen-bond donors (Lipinski definition) is 3. The highest BCUT2D eigenvalue weighted by molar-refractivity contribution is 5.92. The van der Waals surface area contributed by atoms with E-state index in [1.807, 2.05) is 45.0 Å².